The van der Waals surface area contributed by atoms with Gasteiger partial charge in [0.2, 0.25) is 5.91 Å². The van der Waals surface area contributed by atoms with E-state index < -0.39 is 5.91 Å². The summed E-state index contributed by atoms with van der Waals surface area (Å²) in [5.41, 5.74) is 6.01. The molecule has 0 heterocycles. The van der Waals surface area contributed by atoms with Gasteiger partial charge in [-0.1, -0.05) is 30.3 Å². The Balaban J connectivity index is 2.94. The summed E-state index contributed by atoms with van der Waals surface area (Å²) >= 11 is 0. The van der Waals surface area contributed by atoms with Crippen LogP contribution in [0.3, 0.4) is 0 Å². The molecule has 4 nitrogen and oxygen atoms in total. The maximum Gasteiger partial charge on any atom is 0.265 e. The fourth-order valence-corrected chi connectivity index (χ4v) is 1.07. The number of nitrogens with two attached hydrogens (primary N) is 1. The second kappa shape index (κ2) is 4.95. The molecule has 78 valence electrons. The lowest BCUT2D eigenvalue weighted by Crippen LogP contribution is -2.29. The van der Waals surface area contributed by atoms with Crippen LogP contribution in [0.2, 0.25) is 0 Å². The predicted octanol–water partition coefficient (Wildman–Crippen LogP) is 0.649. The van der Waals surface area contributed by atoms with E-state index in [2.05, 4.69) is 5.32 Å². The van der Waals surface area contributed by atoms with Crippen LogP contribution in [0.15, 0.2) is 36.0 Å². The summed E-state index contributed by atoms with van der Waals surface area (Å²) < 4.78 is 0. The number of nitrogens with one attached hydrogen (secondary N) is 1. The number of hydrogen-bond acceptors (Lipinski definition) is 2. The van der Waals surface area contributed by atoms with Crippen molar-refractivity contribution in [3.8, 4) is 0 Å². The van der Waals surface area contributed by atoms with Crippen molar-refractivity contribution in [1.29, 1.82) is 0 Å². The first-order chi connectivity index (χ1) is 7.09. The van der Waals surface area contributed by atoms with Gasteiger partial charge in [-0.3, -0.25) is 9.59 Å². The molecule has 4 heteroatoms. The third kappa shape index (κ3) is 3.64. The molecule has 0 saturated heterocycles. The zero-order valence-electron chi connectivity index (χ0n) is 8.36. The SMILES string of the molecule is CC(=O)N/C(=C\c1ccccc1)C(N)=O. The first-order valence-corrected chi connectivity index (χ1v) is 4.43. The van der Waals surface area contributed by atoms with Crippen molar-refractivity contribution >= 4 is 17.9 Å². The standard InChI is InChI=1S/C11H12N2O2/c1-8(14)13-10(11(12)15)7-9-5-3-2-4-6-9/h2-7H,1H3,(H2,12,15)(H,13,14)/b10-7-. The summed E-state index contributed by atoms with van der Waals surface area (Å²) in [7, 11) is 0. The highest BCUT2D eigenvalue weighted by molar-refractivity contribution is 5.99. The summed E-state index contributed by atoms with van der Waals surface area (Å²) in [6.07, 6.45) is 1.53. The highest BCUT2D eigenvalue weighted by atomic mass is 16.2. The first kappa shape index (κ1) is 11.0. The van der Waals surface area contributed by atoms with E-state index in [1.165, 1.54) is 13.0 Å². The molecule has 0 spiro atoms. The molecule has 1 aromatic carbocycles. The molecule has 2 amide bonds. The number of amides is 2. The maximum atomic E-state index is 11.0. The van der Waals surface area contributed by atoms with Crippen molar-refractivity contribution in [2.75, 3.05) is 0 Å². The number of carbonyl (C=O) groups excluding carboxylic acids is 2. The normalized spacial score (nSPS) is 10.9. The highest BCUT2D eigenvalue weighted by Gasteiger charge is 2.05. The number of rotatable bonds is 3. The van der Waals surface area contributed by atoms with E-state index in [0.717, 1.165) is 5.56 Å². The van der Waals surface area contributed by atoms with Gasteiger partial charge in [-0.05, 0) is 11.6 Å². The zero-order valence-corrected chi connectivity index (χ0v) is 8.36. The van der Waals surface area contributed by atoms with Crippen molar-refractivity contribution in [2.24, 2.45) is 5.73 Å². The molecule has 0 atom stereocenters. The van der Waals surface area contributed by atoms with E-state index in [-0.39, 0.29) is 11.6 Å². The lowest BCUT2D eigenvalue weighted by Gasteiger charge is -2.03. The lowest BCUT2D eigenvalue weighted by molar-refractivity contribution is -0.121. The van der Waals surface area contributed by atoms with Crippen molar-refractivity contribution in [3.63, 3.8) is 0 Å². The number of hydrogen-bond donors (Lipinski definition) is 2. The average molecular weight is 204 g/mol. The molecule has 0 radical (unpaired) electrons. The molecule has 1 rings (SSSR count). The third-order valence-corrected chi connectivity index (χ3v) is 1.69. The van der Waals surface area contributed by atoms with Gasteiger partial charge in [-0.2, -0.15) is 0 Å². The molecule has 0 bridgehead atoms. The molecule has 1 aromatic rings. The minimum Gasteiger partial charge on any atom is -0.364 e. The quantitative estimate of drug-likeness (QED) is 0.709. The van der Waals surface area contributed by atoms with Gasteiger partial charge in [-0.15, -0.1) is 0 Å². The summed E-state index contributed by atoms with van der Waals surface area (Å²) in [5, 5.41) is 2.38. The Hall–Kier alpha value is -2.10. The summed E-state index contributed by atoms with van der Waals surface area (Å²) in [4.78, 5) is 21.8. The predicted molar refractivity (Wildman–Crippen MR) is 57.4 cm³/mol. The number of primary amides is 1. The molecule has 3 N–H and O–H groups in total. The molecule has 0 aliphatic heterocycles. The van der Waals surface area contributed by atoms with Gasteiger partial charge < -0.3 is 11.1 Å². The van der Waals surface area contributed by atoms with E-state index in [1.54, 1.807) is 0 Å². The van der Waals surface area contributed by atoms with E-state index in [1.807, 2.05) is 30.3 Å². The lowest BCUT2D eigenvalue weighted by atomic mass is 10.2. The highest BCUT2D eigenvalue weighted by Crippen LogP contribution is 2.04. The summed E-state index contributed by atoms with van der Waals surface area (Å²) in [6.45, 7) is 1.32. The van der Waals surface area contributed by atoms with Crippen LogP contribution in [-0.2, 0) is 9.59 Å². The molecule has 0 aliphatic carbocycles. The van der Waals surface area contributed by atoms with Gasteiger partial charge in [0.25, 0.3) is 5.91 Å². The van der Waals surface area contributed by atoms with Crippen LogP contribution in [0, 0.1) is 0 Å². The van der Waals surface area contributed by atoms with Crippen molar-refractivity contribution in [3.05, 3.63) is 41.6 Å². The average Bonchev–Trinajstić information content (AvgIpc) is 2.17. The largest absolute Gasteiger partial charge is 0.364 e. The molecule has 0 aromatic heterocycles. The van der Waals surface area contributed by atoms with E-state index >= 15 is 0 Å². The Morgan fingerprint density at radius 2 is 1.87 bits per heavy atom. The second-order valence-electron chi connectivity index (χ2n) is 3.01. The monoisotopic (exact) mass is 204 g/mol. The molecule has 0 fully saturated rings. The van der Waals surface area contributed by atoms with Crippen LogP contribution in [0.1, 0.15) is 12.5 Å². The van der Waals surface area contributed by atoms with Crippen LogP contribution in [0.4, 0.5) is 0 Å². The van der Waals surface area contributed by atoms with Crippen LogP contribution < -0.4 is 11.1 Å². The minimum absolute atomic E-state index is 0.0914. The van der Waals surface area contributed by atoms with Gasteiger partial charge >= 0.3 is 0 Å². The van der Waals surface area contributed by atoms with Crippen LogP contribution in [0.5, 0.6) is 0 Å². The minimum atomic E-state index is -0.658. The van der Waals surface area contributed by atoms with Crippen molar-refractivity contribution in [1.82, 2.24) is 5.32 Å². The van der Waals surface area contributed by atoms with Gasteiger partial charge in [0.15, 0.2) is 0 Å². The van der Waals surface area contributed by atoms with E-state index in [4.69, 9.17) is 5.73 Å². The first-order valence-electron chi connectivity index (χ1n) is 4.43. The molecule has 0 saturated carbocycles. The molecule has 0 unspecified atom stereocenters. The van der Waals surface area contributed by atoms with Crippen molar-refractivity contribution < 1.29 is 9.59 Å². The fourth-order valence-electron chi connectivity index (χ4n) is 1.07. The Morgan fingerprint density at radius 1 is 1.27 bits per heavy atom. The zero-order chi connectivity index (χ0) is 11.3. The van der Waals surface area contributed by atoms with Crippen LogP contribution in [-0.4, -0.2) is 11.8 Å². The molecule has 0 aliphatic rings. The van der Waals surface area contributed by atoms with Gasteiger partial charge in [0.1, 0.15) is 5.70 Å². The molecule has 15 heavy (non-hydrogen) atoms. The fraction of sp³-hybridized carbons (Fsp3) is 0.0909. The summed E-state index contributed by atoms with van der Waals surface area (Å²) in [5.74, 6) is -0.981. The summed E-state index contributed by atoms with van der Waals surface area (Å²) in [6, 6.07) is 9.14. The van der Waals surface area contributed by atoms with Gasteiger partial charge in [0, 0.05) is 6.92 Å². The smallest absolute Gasteiger partial charge is 0.265 e. The van der Waals surface area contributed by atoms with Gasteiger partial charge in [-0.25, -0.2) is 0 Å². The number of carbonyl (C=O) groups is 2. The molecular weight excluding hydrogens is 192 g/mol. The Labute approximate surface area is 87.8 Å². The van der Waals surface area contributed by atoms with E-state index in [9.17, 15) is 9.59 Å². The third-order valence-electron chi connectivity index (χ3n) is 1.69. The topological polar surface area (TPSA) is 72.2 Å². The van der Waals surface area contributed by atoms with E-state index in [0.29, 0.717) is 0 Å². The maximum absolute atomic E-state index is 11.0. The van der Waals surface area contributed by atoms with Gasteiger partial charge in [0.05, 0.1) is 0 Å². The Bertz CT molecular complexity index is 396. The van der Waals surface area contributed by atoms with Crippen LogP contribution in [0.25, 0.3) is 6.08 Å². The van der Waals surface area contributed by atoms with Crippen LogP contribution >= 0.6 is 0 Å². The second-order valence-corrected chi connectivity index (χ2v) is 3.01. The Kier molecular flexibility index (Phi) is 3.62. The molecular formula is C11H12N2O2. The number of benzene rings is 1. The Morgan fingerprint density at radius 3 is 2.33 bits per heavy atom. The van der Waals surface area contributed by atoms with Crippen molar-refractivity contribution in [2.45, 2.75) is 6.92 Å².